The van der Waals surface area contributed by atoms with Gasteiger partial charge in [0.2, 0.25) is 5.88 Å². The molecule has 10 heavy (non-hydrogen) atoms. The molecule has 0 aliphatic carbocycles. The summed E-state index contributed by atoms with van der Waals surface area (Å²) in [7, 11) is 0. The molecule has 0 bridgehead atoms. The van der Waals surface area contributed by atoms with Crippen LogP contribution >= 0.6 is 0 Å². The van der Waals surface area contributed by atoms with E-state index in [2.05, 4.69) is 22.7 Å². The van der Waals surface area contributed by atoms with E-state index >= 15 is 0 Å². The third kappa shape index (κ3) is 1.85. The molecule has 0 amide bonds. The van der Waals surface area contributed by atoms with E-state index in [9.17, 15) is 0 Å². The number of aromatic nitrogens is 2. The second-order valence-corrected chi connectivity index (χ2v) is 1.57. The van der Waals surface area contributed by atoms with Crippen LogP contribution in [0.2, 0.25) is 0 Å². The lowest BCUT2D eigenvalue weighted by Gasteiger charge is -1.97. The first-order chi connectivity index (χ1) is 4.93. The number of nitrogens with zero attached hydrogens (tertiary/aromatic N) is 2. The minimum absolute atomic E-state index is 0.405. The van der Waals surface area contributed by atoms with E-state index in [1.54, 1.807) is 18.5 Å². The summed E-state index contributed by atoms with van der Waals surface area (Å²) in [5, 5.41) is 0. The lowest BCUT2D eigenvalue weighted by Crippen LogP contribution is -1.95. The van der Waals surface area contributed by atoms with Gasteiger partial charge < -0.3 is 4.74 Å². The molecule has 1 rings (SSSR count). The van der Waals surface area contributed by atoms with Crippen molar-refractivity contribution in [3.8, 4) is 5.88 Å². The van der Waals surface area contributed by atoms with Crippen molar-refractivity contribution in [3.05, 3.63) is 31.2 Å². The summed E-state index contributed by atoms with van der Waals surface area (Å²) in [6.07, 6.45) is 7.31. The molecule has 0 spiro atoms. The Labute approximate surface area is 59.4 Å². The lowest BCUT2D eigenvalue weighted by atomic mass is 10.7. The Hall–Kier alpha value is -1.38. The van der Waals surface area contributed by atoms with Crippen LogP contribution in [0.5, 0.6) is 5.88 Å². The van der Waals surface area contributed by atoms with Crippen LogP contribution < -0.4 is 4.74 Å². The van der Waals surface area contributed by atoms with E-state index in [1.807, 2.05) is 0 Å². The molecule has 0 aromatic carbocycles. The van der Waals surface area contributed by atoms with Crippen molar-refractivity contribution in [1.82, 2.24) is 9.97 Å². The van der Waals surface area contributed by atoms with Gasteiger partial charge in [0.25, 0.3) is 0 Å². The molecule has 1 radical (unpaired) electrons. The van der Waals surface area contributed by atoms with E-state index in [0.29, 0.717) is 12.5 Å². The first-order valence-electron chi connectivity index (χ1n) is 2.86. The Balaban J connectivity index is 2.50. The first-order valence-corrected chi connectivity index (χ1v) is 2.86. The predicted octanol–water partition coefficient (Wildman–Crippen LogP) is 0.842. The molecule has 1 heterocycles. The zero-order valence-corrected chi connectivity index (χ0v) is 5.45. The zero-order chi connectivity index (χ0) is 7.23. The monoisotopic (exact) mass is 135 g/mol. The van der Waals surface area contributed by atoms with Crippen molar-refractivity contribution in [1.29, 1.82) is 0 Å². The van der Waals surface area contributed by atoms with Gasteiger partial charge in [0, 0.05) is 12.4 Å². The number of hydrogen-bond acceptors (Lipinski definition) is 3. The van der Waals surface area contributed by atoms with E-state index in [-0.39, 0.29) is 0 Å². The Morgan fingerprint density at radius 1 is 1.70 bits per heavy atom. The molecule has 0 aliphatic heterocycles. The first kappa shape index (κ1) is 6.74. The number of hydrogen-bond donors (Lipinski definition) is 0. The standard InChI is InChI=1S/C7H7N2O/c1-2-5-10-7-6-8-3-4-9-7/h2-4H,1,5H2. The highest BCUT2D eigenvalue weighted by atomic mass is 16.5. The van der Waals surface area contributed by atoms with Gasteiger partial charge in [-0.2, -0.15) is 0 Å². The third-order valence-electron chi connectivity index (χ3n) is 0.831. The minimum Gasteiger partial charge on any atom is -0.472 e. The highest BCUT2D eigenvalue weighted by molar-refractivity contribution is 4.99. The Bertz CT molecular complexity index is 198. The van der Waals surface area contributed by atoms with Crippen LogP contribution in [0, 0.1) is 6.20 Å². The molecule has 1 aromatic rings. The van der Waals surface area contributed by atoms with Crippen LogP contribution in [0.15, 0.2) is 25.0 Å². The van der Waals surface area contributed by atoms with Crippen LogP contribution in [0.25, 0.3) is 0 Å². The smallest absolute Gasteiger partial charge is 0.242 e. The van der Waals surface area contributed by atoms with Gasteiger partial charge in [-0.15, -0.1) is 0 Å². The van der Waals surface area contributed by atoms with E-state index in [1.165, 1.54) is 0 Å². The van der Waals surface area contributed by atoms with Crippen molar-refractivity contribution in [2.24, 2.45) is 0 Å². The normalized spacial score (nSPS) is 8.80. The fraction of sp³-hybridized carbons (Fsp3) is 0.143. The SMILES string of the molecule is C=CCOc1[c]nccn1. The molecule has 0 unspecified atom stereocenters. The van der Waals surface area contributed by atoms with Crippen molar-refractivity contribution >= 4 is 0 Å². The van der Waals surface area contributed by atoms with Crippen molar-refractivity contribution in [2.75, 3.05) is 6.61 Å². The summed E-state index contributed by atoms with van der Waals surface area (Å²) in [5.74, 6) is 0.405. The van der Waals surface area contributed by atoms with E-state index in [4.69, 9.17) is 4.74 Å². The van der Waals surface area contributed by atoms with Crippen molar-refractivity contribution < 1.29 is 4.74 Å². The molecule has 3 heteroatoms. The maximum Gasteiger partial charge on any atom is 0.242 e. The average Bonchev–Trinajstić information content (AvgIpc) is 2.03. The summed E-state index contributed by atoms with van der Waals surface area (Å²) in [6, 6.07) is 0. The highest BCUT2D eigenvalue weighted by Gasteiger charge is 1.89. The van der Waals surface area contributed by atoms with Gasteiger partial charge in [0.05, 0.1) is 0 Å². The zero-order valence-electron chi connectivity index (χ0n) is 5.45. The Morgan fingerprint density at radius 3 is 3.20 bits per heavy atom. The molecule has 51 valence electrons. The predicted molar refractivity (Wildman–Crippen MR) is 36.6 cm³/mol. The molecule has 0 saturated heterocycles. The van der Waals surface area contributed by atoms with Gasteiger partial charge in [-0.05, 0) is 0 Å². The molecule has 0 aliphatic rings. The second-order valence-electron chi connectivity index (χ2n) is 1.57. The molecular weight excluding hydrogens is 128 g/mol. The average molecular weight is 135 g/mol. The fourth-order valence-electron chi connectivity index (χ4n) is 0.463. The van der Waals surface area contributed by atoms with Crippen LogP contribution in [-0.4, -0.2) is 16.6 Å². The van der Waals surface area contributed by atoms with E-state index in [0.717, 1.165) is 0 Å². The summed E-state index contributed by atoms with van der Waals surface area (Å²) in [6.45, 7) is 3.93. The summed E-state index contributed by atoms with van der Waals surface area (Å²) >= 11 is 0. The highest BCUT2D eigenvalue weighted by Crippen LogP contribution is 1.98. The van der Waals surface area contributed by atoms with Gasteiger partial charge in [0.1, 0.15) is 6.61 Å². The molecule has 1 aromatic heterocycles. The van der Waals surface area contributed by atoms with E-state index < -0.39 is 0 Å². The van der Waals surface area contributed by atoms with Crippen LogP contribution in [0.4, 0.5) is 0 Å². The van der Waals surface area contributed by atoms with Gasteiger partial charge in [0.15, 0.2) is 6.20 Å². The summed E-state index contributed by atoms with van der Waals surface area (Å²) in [5.41, 5.74) is 0. The van der Waals surface area contributed by atoms with Crippen LogP contribution in [0.1, 0.15) is 0 Å². The minimum atomic E-state index is 0.405. The maximum absolute atomic E-state index is 5.01. The summed E-state index contributed by atoms with van der Waals surface area (Å²) in [4.78, 5) is 7.52. The molecule has 0 atom stereocenters. The number of ether oxygens (including phenoxy) is 1. The van der Waals surface area contributed by atoms with Crippen molar-refractivity contribution in [3.63, 3.8) is 0 Å². The lowest BCUT2D eigenvalue weighted by molar-refractivity contribution is 0.346. The molecule has 3 nitrogen and oxygen atoms in total. The molecular formula is C7H7N2O. The van der Waals surface area contributed by atoms with Gasteiger partial charge in [-0.1, -0.05) is 12.7 Å². The molecule has 0 N–H and O–H groups in total. The summed E-state index contributed by atoms with van der Waals surface area (Å²) < 4.78 is 5.01. The Morgan fingerprint density at radius 2 is 2.60 bits per heavy atom. The van der Waals surface area contributed by atoms with Gasteiger partial charge >= 0.3 is 0 Å². The third-order valence-corrected chi connectivity index (χ3v) is 0.831. The maximum atomic E-state index is 5.01. The largest absolute Gasteiger partial charge is 0.472 e. The van der Waals surface area contributed by atoms with Crippen molar-refractivity contribution in [2.45, 2.75) is 0 Å². The fourth-order valence-corrected chi connectivity index (χ4v) is 0.463. The number of rotatable bonds is 3. The van der Waals surface area contributed by atoms with Crippen LogP contribution in [0.3, 0.4) is 0 Å². The second kappa shape index (κ2) is 3.61. The molecule has 0 fully saturated rings. The Kier molecular flexibility index (Phi) is 2.43. The van der Waals surface area contributed by atoms with Crippen LogP contribution in [-0.2, 0) is 0 Å². The van der Waals surface area contributed by atoms with Gasteiger partial charge in [-0.3, -0.25) is 0 Å². The van der Waals surface area contributed by atoms with Gasteiger partial charge in [-0.25, -0.2) is 9.97 Å². The quantitative estimate of drug-likeness (QED) is 0.576. The molecule has 0 saturated carbocycles. The topological polar surface area (TPSA) is 35.0 Å².